The topological polar surface area (TPSA) is 69.0 Å². The second-order valence-electron chi connectivity index (χ2n) is 6.88. The summed E-state index contributed by atoms with van der Waals surface area (Å²) in [4.78, 5) is 28.6. The zero-order chi connectivity index (χ0) is 22.5. The number of ether oxygens (including phenoxy) is 2. The predicted octanol–water partition coefficient (Wildman–Crippen LogP) is 5.29. The van der Waals surface area contributed by atoms with Crippen molar-refractivity contribution in [2.45, 2.75) is 19.6 Å². The number of carbonyl (C=O) groups excluding carboxylic acids is 2. The van der Waals surface area contributed by atoms with E-state index in [1.54, 1.807) is 30.5 Å². The number of amides is 2. The number of anilines is 1. The van der Waals surface area contributed by atoms with Gasteiger partial charge >= 0.3 is 0 Å². The van der Waals surface area contributed by atoms with Crippen LogP contribution in [0.25, 0.3) is 5.57 Å². The Labute approximate surface area is 190 Å². The Hall–Kier alpha value is -3.45. The van der Waals surface area contributed by atoms with Gasteiger partial charge in [0.1, 0.15) is 5.76 Å². The van der Waals surface area contributed by atoms with Crippen LogP contribution in [-0.4, -0.2) is 25.0 Å². The molecule has 0 fully saturated rings. The molecule has 2 aromatic carbocycles. The van der Waals surface area contributed by atoms with E-state index in [1.165, 1.54) is 16.7 Å². The van der Waals surface area contributed by atoms with E-state index in [4.69, 9.17) is 13.9 Å². The minimum Gasteiger partial charge on any atom is -0.490 e. The number of rotatable bonds is 9. The Bertz CT molecular complexity index is 1140. The first-order chi connectivity index (χ1) is 15.6. The van der Waals surface area contributed by atoms with Gasteiger partial charge in [0.05, 0.1) is 41.4 Å². The highest BCUT2D eigenvalue weighted by atomic mass is 32.2. The summed E-state index contributed by atoms with van der Waals surface area (Å²) < 4.78 is 16.7. The molecule has 0 bridgehead atoms. The Balaban J connectivity index is 1.72. The third-order valence-electron chi connectivity index (χ3n) is 4.83. The molecule has 0 saturated heterocycles. The summed E-state index contributed by atoms with van der Waals surface area (Å²) in [7, 11) is 0. The van der Waals surface area contributed by atoms with Crippen LogP contribution in [0.2, 0.25) is 0 Å². The normalized spacial score (nSPS) is 13.8. The number of hydrogen-bond acceptors (Lipinski definition) is 6. The van der Waals surface area contributed by atoms with Gasteiger partial charge in [0, 0.05) is 6.07 Å². The zero-order valence-corrected chi connectivity index (χ0v) is 18.7. The number of nitrogens with zero attached hydrogens (tertiary/aromatic N) is 1. The fraction of sp³-hybridized carbons (Fsp3) is 0.200. The molecule has 1 aliphatic rings. The highest BCUT2D eigenvalue weighted by Crippen LogP contribution is 2.41. The summed E-state index contributed by atoms with van der Waals surface area (Å²) in [5.74, 6) is 1.50. The minimum absolute atomic E-state index is 0.364. The molecule has 1 aliphatic heterocycles. The molecule has 0 radical (unpaired) electrons. The number of benzene rings is 2. The summed E-state index contributed by atoms with van der Waals surface area (Å²) in [6.45, 7) is 4.67. The predicted molar refractivity (Wildman–Crippen MR) is 125 cm³/mol. The number of imide groups is 1. The molecular formula is C25H23NO5S. The van der Waals surface area contributed by atoms with E-state index in [1.807, 2.05) is 50.2 Å². The number of carbonyl (C=O) groups is 2. The smallest absolute Gasteiger partial charge is 0.272 e. The highest BCUT2D eigenvalue weighted by molar-refractivity contribution is 8.03. The van der Waals surface area contributed by atoms with Crippen LogP contribution in [0, 0.1) is 0 Å². The van der Waals surface area contributed by atoms with Crippen LogP contribution in [-0.2, 0) is 15.3 Å². The van der Waals surface area contributed by atoms with Crippen molar-refractivity contribution in [3.63, 3.8) is 0 Å². The molecule has 0 N–H and O–H groups in total. The Morgan fingerprint density at radius 1 is 0.875 bits per heavy atom. The number of furan rings is 1. The first-order valence-electron chi connectivity index (χ1n) is 10.4. The summed E-state index contributed by atoms with van der Waals surface area (Å²) >= 11 is 1.30. The van der Waals surface area contributed by atoms with Gasteiger partial charge in [-0.3, -0.25) is 9.59 Å². The maximum Gasteiger partial charge on any atom is 0.272 e. The van der Waals surface area contributed by atoms with Gasteiger partial charge in [0.25, 0.3) is 11.8 Å². The van der Waals surface area contributed by atoms with E-state index in [0.29, 0.717) is 52.2 Å². The van der Waals surface area contributed by atoms with Crippen LogP contribution in [0.15, 0.2) is 76.2 Å². The van der Waals surface area contributed by atoms with Crippen molar-refractivity contribution in [2.75, 3.05) is 18.1 Å². The molecule has 3 aromatic rings. The van der Waals surface area contributed by atoms with Crippen molar-refractivity contribution in [1.29, 1.82) is 0 Å². The van der Waals surface area contributed by atoms with Crippen molar-refractivity contribution in [3.8, 4) is 11.5 Å². The maximum atomic E-state index is 13.5. The first-order valence-corrected chi connectivity index (χ1v) is 11.4. The van der Waals surface area contributed by atoms with E-state index < -0.39 is 0 Å². The average molecular weight is 450 g/mol. The van der Waals surface area contributed by atoms with Gasteiger partial charge < -0.3 is 13.9 Å². The van der Waals surface area contributed by atoms with Crippen LogP contribution in [0.1, 0.15) is 25.2 Å². The molecule has 4 rings (SSSR count). The van der Waals surface area contributed by atoms with Gasteiger partial charge in [-0.2, -0.15) is 0 Å². The molecule has 0 spiro atoms. The Morgan fingerprint density at radius 2 is 1.62 bits per heavy atom. The van der Waals surface area contributed by atoms with Crippen molar-refractivity contribution in [3.05, 3.63) is 83.2 Å². The molecule has 32 heavy (non-hydrogen) atoms. The molecule has 2 heterocycles. The third kappa shape index (κ3) is 4.29. The van der Waals surface area contributed by atoms with Crippen LogP contribution >= 0.6 is 11.8 Å². The Kier molecular flexibility index (Phi) is 6.66. The molecule has 1 aromatic heterocycles. The van der Waals surface area contributed by atoms with Crippen molar-refractivity contribution in [1.82, 2.24) is 0 Å². The monoisotopic (exact) mass is 449 g/mol. The van der Waals surface area contributed by atoms with Gasteiger partial charge in [-0.15, -0.1) is 11.8 Å². The Morgan fingerprint density at radius 3 is 2.31 bits per heavy atom. The molecule has 0 aliphatic carbocycles. The van der Waals surface area contributed by atoms with Crippen molar-refractivity contribution >= 4 is 34.8 Å². The highest BCUT2D eigenvalue weighted by Gasteiger charge is 2.40. The summed E-state index contributed by atoms with van der Waals surface area (Å²) in [6, 6.07) is 18.0. The molecule has 2 amide bonds. The van der Waals surface area contributed by atoms with Crippen LogP contribution in [0.4, 0.5) is 5.69 Å². The molecule has 164 valence electrons. The van der Waals surface area contributed by atoms with E-state index in [0.717, 1.165) is 5.76 Å². The van der Waals surface area contributed by atoms with Crippen LogP contribution in [0.5, 0.6) is 11.5 Å². The van der Waals surface area contributed by atoms with Crippen LogP contribution in [0.3, 0.4) is 0 Å². The fourth-order valence-corrected chi connectivity index (χ4v) is 4.47. The van der Waals surface area contributed by atoms with Gasteiger partial charge in [-0.25, -0.2) is 4.90 Å². The fourth-order valence-electron chi connectivity index (χ4n) is 3.45. The lowest BCUT2D eigenvalue weighted by Gasteiger charge is -2.18. The average Bonchev–Trinajstić information content (AvgIpc) is 3.40. The largest absolute Gasteiger partial charge is 0.490 e. The number of thioether (sulfide) groups is 1. The molecular weight excluding hydrogens is 426 g/mol. The van der Waals surface area contributed by atoms with Crippen LogP contribution < -0.4 is 14.4 Å². The van der Waals surface area contributed by atoms with Gasteiger partial charge in [-0.1, -0.05) is 30.3 Å². The van der Waals surface area contributed by atoms with Crippen molar-refractivity contribution in [2.24, 2.45) is 0 Å². The van der Waals surface area contributed by atoms with E-state index in [-0.39, 0.29) is 11.8 Å². The summed E-state index contributed by atoms with van der Waals surface area (Å²) in [5.41, 5.74) is 1.53. The second-order valence-corrected chi connectivity index (χ2v) is 7.87. The first kappa shape index (κ1) is 21.8. The molecule has 0 atom stereocenters. The second kappa shape index (κ2) is 9.78. The van der Waals surface area contributed by atoms with E-state index in [9.17, 15) is 9.59 Å². The van der Waals surface area contributed by atoms with E-state index in [2.05, 4.69) is 0 Å². The molecule has 6 nitrogen and oxygen atoms in total. The van der Waals surface area contributed by atoms with E-state index >= 15 is 0 Å². The SMILES string of the molecule is CCOc1ccc(N2C(=O)C(SCc3ccco3)=C(c3ccccc3)C2=O)cc1OCC. The quantitative estimate of drug-likeness (QED) is 0.413. The lowest BCUT2D eigenvalue weighted by Crippen LogP contribution is -2.31. The molecule has 7 heteroatoms. The molecule has 0 unspecified atom stereocenters. The van der Waals surface area contributed by atoms with Gasteiger partial charge in [0.2, 0.25) is 0 Å². The van der Waals surface area contributed by atoms with Gasteiger partial charge in [0.15, 0.2) is 11.5 Å². The standard InChI is InChI=1S/C25H23NO5S/c1-3-29-20-13-12-18(15-21(20)30-4-2)26-24(27)22(17-9-6-5-7-10-17)23(25(26)28)32-16-19-11-8-14-31-19/h5-15H,3-4,16H2,1-2H3. The summed E-state index contributed by atoms with van der Waals surface area (Å²) in [6.07, 6.45) is 1.59. The zero-order valence-electron chi connectivity index (χ0n) is 17.9. The van der Waals surface area contributed by atoms with Gasteiger partial charge in [-0.05, 0) is 43.7 Å². The third-order valence-corrected chi connectivity index (χ3v) is 5.92. The lowest BCUT2D eigenvalue weighted by molar-refractivity contribution is -0.119. The minimum atomic E-state index is -0.366. The number of hydrogen-bond donors (Lipinski definition) is 0. The van der Waals surface area contributed by atoms with Crippen molar-refractivity contribution < 1.29 is 23.5 Å². The lowest BCUT2D eigenvalue weighted by atomic mass is 10.1. The maximum absolute atomic E-state index is 13.5. The molecule has 0 saturated carbocycles. The summed E-state index contributed by atoms with van der Waals surface area (Å²) in [5, 5.41) is 0.